The first kappa shape index (κ1) is 13.9. The minimum atomic E-state index is 0.0718. The molecule has 1 aromatic rings. The van der Waals surface area contributed by atoms with E-state index in [1.165, 1.54) is 0 Å². The lowest BCUT2D eigenvalue weighted by molar-refractivity contribution is 0.0303. The summed E-state index contributed by atoms with van der Waals surface area (Å²) in [4.78, 5) is 14.1. The molecule has 1 fully saturated rings. The molecule has 4 heteroatoms. The molecule has 19 heavy (non-hydrogen) atoms. The Morgan fingerprint density at radius 1 is 1.32 bits per heavy atom. The molecule has 1 amide bonds. The van der Waals surface area contributed by atoms with E-state index in [1.807, 2.05) is 43.9 Å². The highest BCUT2D eigenvalue weighted by molar-refractivity contribution is 5.94. The highest BCUT2D eigenvalue weighted by Crippen LogP contribution is 2.21. The van der Waals surface area contributed by atoms with E-state index in [2.05, 4.69) is 0 Å². The van der Waals surface area contributed by atoms with Crippen molar-refractivity contribution in [1.29, 1.82) is 0 Å². The van der Waals surface area contributed by atoms with Crippen LogP contribution in [0.4, 0.5) is 0 Å². The number of amides is 1. The maximum absolute atomic E-state index is 12.3. The number of hydrogen-bond acceptors (Lipinski definition) is 3. The summed E-state index contributed by atoms with van der Waals surface area (Å²) in [7, 11) is 0. The maximum Gasteiger partial charge on any atom is 0.254 e. The first-order chi connectivity index (χ1) is 9.08. The Labute approximate surface area is 114 Å². The van der Waals surface area contributed by atoms with Crippen molar-refractivity contribution in [3.8, 4) is 5.75 Å². The number of rotatable bonds is 3. The molecular weight excluding hydrogens is 242 g/mol. The number of nitrogens with zero attached hydrogens (tertiary/aromatic N) is 1. The molecule has 0 N–H and O–H groups in total. The van der Waals surface area contributed by atoms with Crippen LogP contribution in [0.25, 0.3) is 0 Å². The van der Waals surface area contributed by atoms with Crippen molar-refractivity contribution in [3.05, 3.63) is 29.3 Å². The highest BCUT2D eigenvalue weighted by atomic mass is 16.5. The molecule has 1 aliphatic rings. The van der Waals surface area contributed by atoms with Gasteiger partial charge < -0.3 is 14.4 Å². The first-order valence-electron chi connectivity index (χ1n) is 6.72. The van der Waals surface area contributed by atoms with Crippen LogP contribution in [-0.4, -0.2) is 43.2 Å². The zero-order valence-electron chi connectivity index (χ0n) is 11.8. The Hall–Kier alpha value is -1.55. The monoisotopic (exact) mass is 263 g/mol. The Bertz CT molecular complexity index is 451. The molecule has 0 unspecified atom stereocenters. The van der Waals surface area contributed by atoms with E-state index in [1.54, 1.807) is 0 Å². The topological polar surface area (TPSA) is 38.8 Å². The molecule has 0 radical (unpaired) electrons. The summed E-state index contributed by atoms with van der Waals surface area (Å²) in [5.41, 5.74) is 1.71. The number of benzene rings is 1. The van der Waals surface area contributed by atoms with Crippen LogP contribution in [0.1, 0.15) is 29.8 Å². The van der Waals surface area contributed by atoms with Gasteiger partial charge in [0, 0.05) is 18.7 Å². The van der Waals surface area contributed by atoms with E-state index in [-0.39, 0.29) is 12.0 Å². The Morgan fingerprint density at radius 3 is 2.58 bits per heavy atom. The van der Waals surface area contributed by atoms with Gasteiger partial charge in [0.2, 0.25) is 0 Å². The number of morpholine rings is 1. The third-order valence-electron chi connectivity index (χ3n) is 3.08. The Morgan fingerprint density at radius 2 is 2.00 bits per heavy atom. The predicted octanol–water partition coefficient (Wildman–Crippen LogP) is 2.25. The van der Waals surface area contributed by atoms with Gasteiger partial charge in [0.25, 0.3) is 5.91 Å². The lowest BCUT2D eigenvalue weighted by Gasteiger charge is -2.27. The second-order valence-corrected chi connectivity index (χ2v) is 5.05. The molecular formula is C15H21NO3. The molecule has 2 rings (SSSR count). The summed E-state index contributed by atoms with van der Waals surface area (Å²) in [6.07, 6.45) is 0.138. The average molecular weight is 263 g/mol. The average Bonchev–Trinajstić information content (AvgIpc) is 2.41. The molecule has 1 aliphatic heterocycles. The molecule has 4 nitrogen and oxygen atoms in total. The highest BCUT2D eigenvalue weighted by Gasteiger charge is 2.19. The zero-order valence-corrected chi connectivity index (χ0v) is 11.8. The fraction of sp³-hybridized carbons (Fsp3) is 0.533. The predicted molar refractivity (Wildman–Crippen MR) is 73.7 cm³/mol. The molecule has 1 heterocycles. The summed E-state index contributed by atoms with van der Waals surface area (Å²) < 4.78 is 10.9. The fourth-order valence-corrected chi connectivity index (χ4v) is 2.12. The van der Waals surface area contributed by atoms with Crippen LogP contribution >= 0.6 is 0 Å². The molecule has 0 aromatic heterocycles. The van der Waals surface area contributed by atoms with Gasteiger partial charge in [-0.1, -0.05) is 0 Å². The van der Waals surface area contributed by atoms with Crippen LogP contribution in [0, 0.1) is 6.92 Å². The molecule has 0 atom stereocenters. The zero-order chi connectivity index (χ0) is 13.8. The SMILES string of the molecule is Cc1cc(C(=O)N2CCOCC2)ccc1OC(C)C. The van der Waals surface area contributed by atoms with E-state index in [0.29, 0.717) is 26.3 Å². The van der Waals surface area contributed by atoms with Crippen LogP contribution in [0.5, 0.6) is 5.75 Å². The van der Waals surface area contributed by atoms with Crippen LogP contribution in [-0.2, 0) is 4.74 Å². The number of aryl methyl sites for hydroxylation is 1. The molecule has 1 aromatic carbocycles. The van der Waals surface area contributed by atoms with E-state index >= 15 is 0 Å². The van der Waals surface area contributed by atoms with Gasteiger partial charge in [0.1, 0.15) is 5.75 Å². The van der Waals surface area contributed by atoms with Gasteiger partial charge >= 0.3 is 0 Å². The molecule has 0 spiro atoms. The molecule has 0 bridgehead atoms. The molecule has 1 saturated heterocycles. The number of hydrogen-bond donors (Lipinski definition) is 0. The number of ether oxygens (including phenoxy) is 2. The van der Waals surface area contributed by atoms with Crippen molar-refractivity contribution < 1.29 is 14.3 Å². The fourth-order valence-electron chi connectivity index (χ4n) is 2.12. The van der Waals surface area contributed by atoms with Crippen LogP contribution in [0.2, 0.25) is 0 Å². The van der Waals surface area contributed by atoms with Crippen molar-refractivity contribution in [2.24, 2.45) is 0 Å². The second-order valence-electron chi connectivity index (χ2n) is 5.05. The van der Waals surface area contributed by atoms with E-state index < -0.39 is 0 Å². The van der Waals surface area contributed by atoms with Crippen LogP contribution in [0.3, 0.4) is 0 Å². The molecule has 104 valence electrons. The lowest BCUT2D eigenvalue weighted by Crippen LogP contribution is -2.40. The Balaban J connectivity index is 2.12. The van der Waals surface area contributed by atoms with Gasteiger partial charge in [-0.25, -0.2) is 0 Å². The van der Waals surface area contributed by atoms with Crippen molar-refractivity contribution in [2.75, 3.05) is 26.3 Å². The quantitative estimate of drug-likeness (QED) is 0.839. The van der Waals surface area contributed by atoms with E-state index in [9.17, 15) is 4.79 Å². The summed E-state index contributed by atoms with van der Waals surface area (Å²) in [6.45, 7) is 8.54. The summed E-state index contributed by atoms with van der Waals surface area (Å²) in [6, 6.07) is 5.61. The maximum atomic E-state index is 12.3. The van der Waals surface area contributed by atoms with Gasteiger partial charge in [-0.15, -0.1) is 0 Å². The van der Waals surface area contributed by atoms with Gasteiger partial charge in [-0.05, 0) is 44.5 Å². The van der Waals surface area contributed by atoms with Gasteiger partial charge in [0.05, 0.1) is 19.3 Å². The van der Waals surface area contributed by atoms with Gasteiger partial charge in [-0.3, -0.25) is 4.79 Å². The number of carbonyl (C=O) groups excluding carboxylic acids is 1. The second kappa shape index (κ2) is 6.06. The standard InChI is InChI=1S/C15H21NO3/c1-11(2)19-14-5-4-13(10-12(14)3)15(17)16-6-8-18-9-7-16/h4-5,10-11H,6-9H2,1-3H3. The normalized spacial score (nSPS) is 15.7. The van der Waals surface area contributed by atoms with Crippen LogP contribution < -0.4 is 4.74 Å². The van der Waals surface area contributed by atoms with Crippen LogP contribution in [0.15, 0.2) is 18.2 Å². The minimum absolute atomic E-state index is 0.0718. The summed E-state index contributed by atoms with van der Waals surface area (Å²) in [5, 5.41) is 0. The summed E-state index contributed by atoms with van der Waals surface area (Å²) in [5.74, 6) is 0.913. The largest absolute Gasteiger partial charge is 0.491 e. The Kier molecular flexibility index (Phi) is 4.43. The molecule has 0 saturated carbocycles. The van der Waals surface area contributed by atoms with E-state index in [0.717, 1.165) is 16.9 Å². The third-order valence-corrected chi connectivity index (χ3v) is 3.08. The first-order valence-corrected chi connectivity index (χ1v) is 6.72. The number of carbonyl (C=O) groups is 1. The minimum Gasteiger partial charge on any atom is -0.491 e. The van der Waals surface area contributed by atoms with E-state index in [4.69, 9.17) is 9.47 Å². The third kappa shape index (κ3) is 3.47. The van der Waals surface area contributed by atoms with Crippen molar-refractivity contribution in [2.45, 2.75) is 26.9 Å². The summed E-state index contributed by atoms with van der Waals surface area (Å²) >= 11 is 0. The lowest BCUT2D eigenvalue weighted by atomic mass is 10.1. The van der Waals surface area contributed by atoms with Gasteiger partial charge in [-0.2, -0.15) is 0 Å². The van der Waals surface area contributed by atoms with Crippen molar-refractivity contribution in [1.82, 2.24) is 4.90 Å². The molecule has 0 aliphatic carbocycles. The van der Waals surface area contributed by atoms with Gasteiger partial charge in [0.15, 0.2) is 0 Å². The smallest absolute Gasteiger partial charge is 0.254 e. The van der Waals surface area contributed by atoms with Crippen molar-refractivity contribution in [3.63, 3.8) is 0 Å². The van der Waals surface area contributed by atoms with Crippen molar-refractivity contribution >= 4 is 5.91 Å².